The van der Waals surface area contributed by atoms with Crippen LogP contribution in [-0.2, 0) is 4.79 Å². The molecule has 0 spiro atoms. The van der Waals surface area contributed by atoms with Gasteiger partial charge in [0.2, 0.25) is 0 Å². The van der Waals surface area contributed by atoms with Crippen LogP contribution < -0.4 is 0 Å². The summed E-state index contributed by atoms with van der Waals surface area (Å²) in [6, 6.07) is 0. The molecule has 0 saturated heterocycles. The maximum atomic E-state index is 11.2. The zero-order chi connectivity index (χ0) is 9.35. The molecule has 0 bridgehead atoms. The van der Waals surface area contributed by atoms with Gasteiger partial charge in [0.1, 0.15) is 5.78 Å². The molecule has 2 atom stereocenters. The van der Waals surface area contributed by atoms with Crippen LogP contribution in [0.5, 0.6) is 0 Å². The molecule has 0 radical (unpaired) electrons. The second-order valence-corrected chi connectivity index (χ2v) is 7.01. The van der Waals surface area contributed by atoms with Gasteiger partial charge in [-0.1, -0.05) is 45.7 Å². The lowest BCUT2D eigenvalue weighted by atomic mass is 9.69. The van der Waals surface area contributed by atoms with E-state index in [0.717, 1.165) is 19.3 Å². The minimum absolute atomic E-state index is 0.230. The van der Waals surface area contributed by atoms with Crippen LogP contribution in [0.25, 0.3) is 0 Å². The summed E-state index contributed by atoms with van der Waals surface area (Å²) in [7, 11) is 0. The van der Waals surface area contributed by atoms with Gasteiger partial charge in [-0.3, -0.25) is 4.79 Å². The Labute approximate surface area is 90.5 Å². The van der Waals surface area contributed by atoms with E-state index in [2.05, 4.69) is 45.7 Å². The van der Waals surface area contributed by atoms with Crippen LogP contribution in [0.3, 0.4) is 0 Å². The van der Waals surface area contributed by atoms with Crippen molar-refractivity contribution in [2.75, 3.05) is 0 Å². The van der Waals surface area contributed by atoms with Gasteiger partial charge in [-0.05, 0) is 17.8 Å². The summed E-state index contributed by atoms with van der Waals surface area (Å²) < 4.78 is 0.320. The molecule has 1 fully saturated rings. The largest absolute Gasteiger partial charge is 0.300 e. The second-order valence-electron chi connectivity index (χ2n) is 3.95. The van der Waals surface area contributed by atoms with Crippen molar-refractivity contribution >= 4 is 37.6 Å². The molecule has 0 aliphatic heterocycles. The Balaban J connectivity index is 2.72. The zero-order valence-electron chi connectivity index (χ0n) is 7.44. The van der Waals surface area contributed by atoms with E-state index in [0.29, 0.717) is 15.4 Å². The molecule has 0 heterocycles. The number of rotatable bonds is 1. The Bertz CT molecular complexity index is 191. The Morgan fingerprint density at radius 3 is 2.58 bits per heavy atom. The third-order valence-corrected chi connectivity index (χ3v) is 5.19. The summed E-state index contributed by atoms with van der Waals surface area (Å²) in [6.45, 7) is 4.39. The summed E-state index contributed by atoms with van der Waals surface area (Å²) in [4.78, 5) is 11.2. The van der Waals surface area contributed by atoms with Crippen molar-refractivity contribution in [1.29, 1.82) is 0 Å². The molecule has 70 valence electrons. The first-order valence-electron chi connectivity index (χ1n) is 4.26. The van der Waals surface area contributed by atoms with Gasteiger partial charge in [0.05, 0.1) is 3.74 Å². The number of carbonyl (C=O) groups is 1. The summed E-state index contributed by atoms with van der Waals surface area (Å²) >= 11 is 7.12. The van der Waals surface area contributed by atoms with Gasteiger partial charge in [-0.25, -0.2) is 0 Å². The maximum Gasteiger partial charge on any atom is 0.133 e. The number of Topliss-reactive ketones (excluding diaryl/α,β-unsaturated/α-hetero) is 1. The molecule has 0 aromatic heterocycles. The van der Waals surface area contributed by atoms with Crippen molar-refractivity contribution in [3.63, 3.8) is 0 Å². The van der Waals surface area contributed by atoms with E-state index in [4.69, 9.17) is 0 Å². The van der Waals surface area contributed by atoms with Crippen molar-refractivity contribution < 1.29 is 4.79 Å². The van der Waals surface area contributed by atoms with E-state index in [1.165, 1.54) is 0 Å². The first kappa shape index (κ1) is 10.7. The fraction of sp³-hybridized carbons (Fsp3) is 0.889. The molecule has 1 aliphatic carbocycles. The number of alkyl halides is 2. The fourth-order valence-electron chi connectivity index (χ4n) is 1.66. The van der Waals surface area contributed by atoms with Crippen LogP contribution in [0, 0.1) is 11.3 Å². The normalized spacial score (nSPS) is 37.4. The first-order chi connectivity index (χ1) is 5.47. The molecule has 0 N–H and O–H groups in total. The molecule has 0 aromatic carbocycles. The van der Waals surface area contributed by atoms with E-state index < -0.39 is 0 Å². The topological polar surface area (TPSA) is 17.1 Å². The average molecular weight is 298 g/mol. The Kier molecular flexibility index (Phi) is 3.38. The number of hydrogen-bond acceptors (Lipinski definition) is 1. The highest BCUT2D eigenvalue weighted by atomic mass is 79.9. The van der Waals surface area contributed by atoms with Crippen LogP contribution in [0.2, 0.25) is 0 Å². The van der Waals surface area contributed by atoms with Crippen molar-refractivity contribution in [2.24, 2.45) is 11.3 Å². The van der Waals surface area contributed by atoms with Crippen molar-refractivity contribution in [2.45, 2.75) is 36.8 Å². The first-order valence-corrected chi connectivity index (χ1v) is 6.10. The highest BCUT2D eigenvalue weighted by Crippen LogP contribution is 2.47. The predicted octanol–water partition coefficient (Wildman–Crippen LogP) is 3.50. The van der Waals surface area contributed by atoms with Gasteiger partial charge in [-0.15, -0.1) is 0 Å². The van der Waals surface area contributed by atoms with Gasteiger partial charge < -0.3 is 0 Å². The lowest BCUT2D eigenvalue weighted by Gasteiger charge is -2.40. The molecule has 0 amide bonds. The smallest absolute Gasteiger partial charge is 0.133 e. The van der Waals surface area contributed by atoms with E-state index in [9.17, 15) is 4.79 Å². The minimum Gasteiger partial charge on any atom is -0.300 e. The average Bonchev–Trinajstić information content (AvgIpc) is 1.97. The molecular weight excluding hydrogens is 284 g/mol. The van der Waals surface area contributed by atoms with Crippen LogP contribution in [-0.4, -0.2) is 9.52 Å². The Morgan fingerprint density at radius 2 is 2.17 bits per heavy atom. The highest BCUT2D eigenvalue weighted by molar-refractivity contribution is 9.24. The third-order valence-electron chi connectivity index (χ3n) is 3.10. The SMILES string of the molecule is C[C@@H]1CC(=O)CC[C@@]1(C)C(Br)Br. The fourth-order valence-corrected chi connectivity index (χ4v) is 3.02. The van der Waals surface area contributed by atoms with Crippen molar-refractivity contribution in [3.05, 3.63) is 0 Å². The van der Waals surface area contributed by atoms with Crippen LogP contribution in [0.1, 0.15) is 33.1 Å². The molecule has 1 rings (SSSR count). The lowest BCUT2D eigenvalue weighted by molar-refractivity contribution is -0.123. The lowest BCUT2D eigenvalue weighted by Crippen LogP contribution is -2.37. The third kappa shape index (κ3) is 1.92. The highest BCUT2D eigenvalue weighted by Gasteiger charge is 2.40. The van der Waals surface area contributed by atoms with E-state index in [-0.39, 0.29) is 5.41 Å². The second kappa shape index (κ2) is 3.79. The van der Waals surface area contributed by atoms with Crippen molar-refractivity contribution in [3.8, 4) is 0 Å². The summed E-state index contributed by atoms with van der Waals surface area (Å²) in [5.41, 5.74) is 0.230. The quantitative estimate of drug-likeness (QED) is 0.677. The van der Waals surface area contributed by atoms with E-state index in [1.54, 1.807) is 0 Å². The molecule has 12 heavy (non-hydrogen) atoms. The predicted molar refractivity (Wildman–Crippen MR) is 57.8 cm³/mol. The number of carbonyl (C=O) groups excluding carboxylic acids is 1. The molecular formula is C9H14Br2O. The van der Waals surface area contributed by atoms with Crippen LogP contribution >= 0.6 is 31.9 Å². The summed E-state index contributed by atoms with van der Waals surface area (Å²) in [6.07, 6.45) is 2.48. The van der Waals surface area contributed by atoms with Gasteiger partial charge >= 0.3 is 0 Å². The summed E-state index contributed by atoms with van der Waals surface area (Å²) in [5, 5.41) is 0. The summed E-state index contributed by atoms with van der Waals surface area (Å²) in [5.74, 6) is 0.892. The zero-order valence-corrected chi connectivity index (χ0v) is 10.6. The Hall–Kier alpha value is 0.630. The van der Waals surface area contributed by atoms with Gasteiger partial charge in [-0.2, -0.15) is 0 Å². The van der Waals surface area contributed by atoms with Crippen LogP contribution in [0.4, 0.5) is 0 Å². The van der Waals surface area contributed by atoms with Gasteiger partial charge in [0.25, 0.3) is 0 Å². The minimum atomic E-state index is 0.230. The van der Waals surface area contributed by atoms with Crippen LogP contribution in [0.15, 0.2) is 0 Å². The van der Waals surface area contributed by atoms with E-state index >= 15 is 0 Å². The van der Waals surface area contributed by atoms with Crippen molar-refractivity contribution in [1.82, 2.24) is 0 Å². The molecule has 0 unspecified atom stereocenters. The molecule has 1 saturated carbocycles. The number of hydrogen-bond donors (Lipinski definition) is 0. The van der Waals surface area contributed by atoms with E-state index in [1.807, 2.05) is 0 Å². The molecule has 1 nitrogen and oxygen atoms in total. The number of halogens is 2. The van der Waals surface area contributed by atoms with Gasteiger partial charge in [0, 0.05) is 12.8 Å². The van der Waals surface area contributed by atoms with Gasteiger partial charge in [0.15, 0.2) is 0 Å². The monoisotopic (exact) mass is 296 g/mol. The molecule has 0 aromatic rings. The molecule has 3 heteroatoms. The molecule has 1 aliphatic rings. The number of ketones is 1. The standard InChI is InChI=1S/C9H14Br2O/c1-6-5-7(12)3-4-9(6,2)8(10)11/h6,8H,3-5H2,1-2H3/t6-,9-/m1/s1. The Morgan fingerprint density at radius 1 is 1.58 bits per heavy atom. The maximum absolute atomic E-state index is 11.2.